The van der Waals surface area contributed by atoms with Gasteiger partial charge in [0.05, 0.1) is 17.2 Å². The van der Waals surface area contributed by atoms with Crippen LogP contribution in [0.25, 0.3) is 11.1 Å². The lowest BCUT2D eigenvalue weighted by Gasteiger charge is -2.44. The maximum absolute atomic E-state index is 6.71. The fourth-order valence-electron chi connectivity index (χ4n) is 9.05. The van der Waals surface area contributed by atoms with E-state index < -0.39 is 0 Å². The smallest absolute Gasteiger partial charge is 0.155 e. The van der Waals surface area contributed by atoms with Gasteiger partial charge in [0, 0.05) is 33.7 Å². The molecule has 4 atom stereocenters. The van der Waals surface area contributed by atoms with E-state index in [9.17, 15) is 0 Å². The first-order chi connectivity index (χ1) is 23.8. The molecule has 4 unspecified atom stereocenters. The quantitative estimate of drug-likeness (QED) is 0.185. The Bertz CT molecular complexity index is 2270. The number of aliphatic imine (C=N–C) groups is 2. The van der Waals surface area contributed by atoms with E-state index in [4.69, 9.17) is 14.7 Å². The highest BCUT2D eigenvalue weighted by Crippen LogP contribution is 2.65. The van der Waals surface area contributed by atoms with Gasteiger partial charge in [0.15, 0.2) is 5.84 Å². The minimum absolute atomic E-state index is 0.0714. The summed E-state index contributed by atoms with van der Waals surface area (Å²) in [5, 5.41) is 0. The summed E-state index contributed by atoms with van der Waals surface area (Å²) in [6.07, 6.45) is 14.5. The van der Waals surface area contributed by atoms with Crippen LogP contribution in [0.4, 0.5) is 0 Å². The first-order valence-corrected chi connectivity index (χ1v) is 17.2. The lowest BCUT2D eigenvalue weighted by atomic mass is 9.60. The van der Waals surface area contributed by atoms with Gasteiger partial charge in [0.1, 0.15) is 11.5 Å². The molecule has 3 nitrogen and oxygen atoms in total. The number of amidine groups is 1. The van der Waals surface area contributed by atoms with Crippen LogP contribution >= 0.6 is 0 Å². The predicted octanol–water partition coefficient (Wildman–Crippen LogP) is 10.4. The molecule has 0 aromatic heterocycles. The van der Waals surface area contributed by atoms with Crippen LogP contribution in [0.15, 0.2) is 167 Å². The summed E-state index contributed by atoms with van der Waals surface area (Å²) in [4.78, 5) is 10.4. The summed E-state index contributed by atoms with van der Waals surface area (Å²) in [5.74, 6) is 3.52. The normalized spacial score (nSPS) is 24.2. The van der Waals surface area contributed by atoms with Crippen LogP contribution in [-0.4, -0.2) is 17.6 Å². The maximum atomic E-state index is 6.71. The minimum Gasteiger partial charge on any atom is -0.457 e. The van der Waals surface area contributed by atoms with Gasteiger partial charge in [-0.25, -0.2) is 4.99 Å². The molecule has 0 bridgehead atoms. The topological polar surface area (TPSA) is 34.0 Å². The molecule has 0 amide bonds. The van der Waals surface area contributed by atoms with E-state index >= 15 is 0 Å². The van der Waals surface area contributed by atoms with Crippen molar-refractivity contribution in [1.82, 2.24) is 0 Å². The van der Waals surface area contributed by atoms with Gasteiger partial charge in [0.25, 0.3) is 0 Å². The van der Waals surface area contributed by atoms with Gasteiger partial charge in [0.2, 0.25) is 0 Å². The number of ether oxygens (including phenoxy) is 1. The molecule has 3 aliphatic carbocycles. The van der Waals surface area contributed by atoms with E-state index in [0.717, 1.165) is 59.0 Å². The van der Waals surface area contributed by atoms with Gasteiger partial charge < -0.3 is 4.74 Å². The lowest BCUT2D eigenvalue weighted by molar-refractivity contribution is 0.311. The molecule has 0 fully saturated rings. The molecule has 1 spiro atoms. The van der Waals surface area contributed by atoms with Gasteiger partial charge in [-0.1, -0.05) is 127 Å². The SMILES string of the molecule is C1=CCC2N=C(c3cccc(-c4ccc5c(c4)C4(c6ccccc6O5)c5ccccc5C5C=CCCC54)c3)N=C(c3ccccc3)C2=C1. The Morgan fingerprint density at radius 1 is 0.646 bits per heavy atom. The van der Waals surface area contributed by atoms with Crippen molar-refractivity contribution < 1.29 is 4.74 Å². The Balaban J connectivity index is 1.12. The molecule has 0 radical (unpaired) electrons. The second kappa shape index (κ2) is 10.7. The van der Waals surface area contributed by atoms with Crippen molar-refractivity contribution in [2.45, 2.75) is 36.6 Å². The molecule has 5 aliphatic rings. The first-order valence-electron chi connectivity index (χ1n) is 17.2. The highest BCUT2D eigenvalue weighted by molar-refractivity contribution is 6.22. The number of fused-ring (bicyclic) bond motifs is 10. The third kappa shape index (κ3) is 4.00. The van der Waals surface area contributed by atoms with Crippen molar-refractivity contribution in [3.8, 4) is 22.6 Å². The number of rotatable bonds is 3. The largest absolute Gasteiger partial charge is 0.457 e. The lowest BCUT2D eigenvalue weighted by Crippen LogP contribution is -2.38. The molecular weight excluding hydrogens is 585 g/mol. The minimum atomic E-state index is -0.288. The number of nitrogens with zero attached hydrogens (tertiary/aromatic N) is 2. The van der Waals surface area contributed by atoms with Crippen molar-refractivity contribution in [3.63, 3.8) is 0 Å². The average Bonchev–Trinajstić information content (AvgIpc) is 3.45. The van der Waals surface area contributed by atoms with Gasteiger partial charge >= 0.3 is 0 Å². The Morgan fingerprint density at radius 3 is 2.35 bits per heavy atom. The van der Waals surface area contributed by atoms with E-state index in [2.05, 4.69) is 152 Å². The molecule has 0 N–H and O–H groups in total. The van der Waals surface area contributed by atoms with Crippen LogP contribution in [-0.2, 0) is 5.41 Å². The molecule has 0 saturated carbocycles. The van der Waals surface area contributed by atoms with Gasteiger partial charge in [-0.3, -0.25) is 4.99 Å². The Morgan fingerprint density at radius 2 is 1.42 bits per heavy atom. The Labute approximate surface area is 281 Å². The molecule has 2 heterocycles. The van der Waals surface area contributed by atoms with Gasteiger partial charge in [-0.2, -0.15) is 0 Å². The molecule has 2 aliphatic heterocycles. The number of hydrogen-bond donors (Lipinski definition) is 0. The zero-order valence-corrected chi connectivity index (χ0v) is 26.6. The summed E-state index contributed by atoms with van der Waals surface area (Å²) < 4.78 is 6.71. The molecule has 3 heteroatoms. The van der Waals surface area contributed by atoms with Crippen molar-refractivity contribution >= 4 is 11.5 Å². The van der Waals surface area contributed by atoms with Gasteiger partial charge in [-0.05, 0) is 71.7 Å². The van der Waals surface area contributed by atoms with Crippen LogP contribution in [0.5, 0.6) is 11.5 Å². The molecule has 5 aromatic carbocycles. The first kappa shape index (κ1) is 27.6. The van der Waals surface area contributed by atoms with E-state index in [1.54, 1.807) is 0 Å². The molecule has 230 valence electrons. The summed E-state index contributed by atoms with van der Waals surface area (Å²) in [6.45, 7) is 0. The third-order valence-electron chi connectivity index (χ3n) is 11.1. The molecule has 5 aromatic rings. The summed E-state index contributed by atoms with van der Waals surface area (Å²) in [6, 6.07) is 44.0. The second-order valence-electron chi connectivity index (χ2n) is 13.5. The average molecular weight is 619 g/mol. The van der Waals surface area contributed by atoms with E-state index in [1.807, 2.05) is 0 Å². The Kier molecular flexibility index (Phi) is 6.17. The predicted molar refractivity (Wildman–Crippen MR) is 194 cm³/mol. The standard InChI is InChI=1S/C45H34N2O/c1-2-13-29(14-3-1)43-35-19-6-10-23-40(35)46-44(47-43)32-16-12-15-30(27-32)31-25-26-42-39(28-31)45(38-22-9-11-24-41(38)48-42)36-20-7-4-17-33(36)34-18-5-8-21-37(34)45/h1-7,9-20,22,24-28,34,37,40H,8,21,23H2. The van der Waals surface area contributed by atoms with Crippen LogP contribution in [0, 0.1) is 5.92 Å². The van der Waals surface area contributed by atoms with Crippen molar-refractivity contribution in [2.75, 3.05) is 0 Å². The van der Waals surface area contributed by atoms with Crippen LogP contribution in [0.1, 0.15) is 58.6 Å². The fraction of sp³-hybridized carbons (Fsp3) is 0.156. The monoisotopic (exact) mass is 618 g/mol. The fourth-order valence-corrected chi connectivity index (χ4v) is 9.05. The number of allylic oxidation sites excluding steroid dienone is 4. The van der Waals surface area contributed by atoms with Crippen molar-refractivity contribution in [1.29, 1.82) is 0 Å². The molecule has 10 rings (SSSR count). The van der Waals surface area contributed by atoms with Crippen LogP contribution in [0.3, 0.4) is 0 Å². The summed E-state index contributed by atoms with van der Waals surface area (Å²) in [5.41, 5.74) is 11.8. The highest BCUT2D eigenvalue weighted by Gasteiger charge is 2.57. The third-order valence-corrected chi connectivity index (χ3v) is 11.1. The van der Waals surface area contributed by atoms with E-state index in [-0.39, 0.29) is 11.5 Å². The van der Waals surface area contributed by atoms with Crippen molar-refractivity contribution in [2.24, 2.45) is 15.9 Å². The highest BCUT2D eigenvalue weighted by atomic mass is 16.5. The number of hydrogen-bond acceptors (Lipinski definition) is 3. The Hall–Kier alpha value is -5.54. The number of para-hydroxylation sites is 1. The van der Waals surface area contributed by atoms with Crippen LogP contribution in [0.2, 0.25) is 0 Å². The van der Waals surface area contributed by atoms with Crippen LogP contribution < -0.4 is 4.74 Å². The molecule has 0 saturated heterocycles. The summed E-state index contributed by atoms with van der Waals surface area (Å²) >= 11 is 0. The van der Waals surface area contributed by atoms with Gasteiger partial charge in [-0.15, -0.1) is 0 Å². The second-order valence-corrected chi connectivity index (χ2v) is 13.5. The zero-order chi connectivity index (χ0) is 31.7. The maximum Gasteiger partial charge on any atom is 0.155 e. The van der Waals surface area contributed by atoms with E-state index in [1.165, 1.54) is 33.4 Å². The van der Waals surface area contributed by atoms with Crippen molar-refractivity contribution in [3.05, 3.63) is 191 Å². The molecular formula is C45H34N2O. The van der Waals surface area contributed by atoms with E-state index in [0.29, 0.717) is 11.8 Å². The number of benzene rings is 5. The zero-order valence-electron chi connectivity index (χ0n) is 26.6. The molecule has 48 heavy (non-hydrogen) atoms. The summed E-state index contributed by atoms with van der Waals surface area (Å²) in [7, 11) is 0.